The standard InChI is InChI=1S/C24H21N5OS2/c1-16-20(22(30)26-18-11-6-3-7-12-18)21(19-13-8-14-31-19)29-23(25-16)27-24(28-29)32-15-17-9-4-2-5-10-17/h2-14,21H,15H2,1H3,(H,26,30)(H,25,27,28)/t21-/m1/s1. The Hall–Kier alpha value is -3.36. The highest BCUT2D eigenvalue weighted by atomic mass is 32.2. The maximum Gasteiger partial charge on any atom is 0.255 e. The summed E-state index contributed by atoms with van der Waals surface area (Å²) in [6.45, 7) is 1.91. The van der Waals surface area contributed by atoms with Gasteiger partial charge in [-0.25, -0.2) is 4.68 Å². The molecule has 6 nitrogen and oxygen atoms in total. The van der Waals surface area contributed by atoms with Gasteiger partial charge < -0.3 is 10.6 Å². The summed E-state index contributed by atoms with van der Waals surface area (Å²) in [7, 11) is 0. The molecule has 0 bridgehead atoms. The van der Waals surface area contributed by atoms with Gasteiger partial charge in [-0.3, -0.25) is 4.79 Å². The molecule has 1 amide bonds. The lowest BCUT2D eigenvalue weighted by molar-refractivity contribution is -0.113. The van der Waals surface area contributed by atoms with Crippen LogP contribution in [0.4, 0.5) is 11.6 Å². The molecule has 0 radical (unpaired) electrons. The largest absolute Gasteiger partial charge is 0.328 e. The van der Waals surface area contributed by atoms with Crippen LogP contribution < -0.4 is 10.6 Å². The Balaban J connectivity index is 1.46. The highest BCUT2D eigenvalue weighted by Gasteiger charge is 2.35. The molecule has 0 saturated heterocycles. The zero-order chi connectivity index (χ0) is 21.9. The van der Waals surface area contributed by atoms with Gasteiger partial charge >= 0.3 is 0 Å². The number of hydrogen-bond acceptors (Lipinski definition) is 6. The number of anilines is 2. The third kappa shape index (κ3) is 4.19. The summed E-state index contributed by atoms with van der Waals surface area (Å²) in [4.78, 5) is 19.1. The van der Waals surface area contributed by atoms with Gasteiger partial charge in [0.05, 0.1) is 5.57 Å². The fourth-order valence-corrected chi connectivity index (χ4v) is 5.24. The van der Waals surface area contributed by atoms with Crippen molar-refractivity contribution < 1.29 is 4.79 Å². The lowest BCUT2D eigenvalue weighted by atomic mass is 10.0. The first-order valence-corrected chi connectivity index (χ1v) is 12.1. The molecular weight excluding hydrogens is 438 g/mol. The average Bonchev–Trinajstić information content (AvgIpc) is 3.48. The molecule has 1 aliphatic rings. The second-order valence-corrected chi connectivity index (χ2v) is 9.26. The Labute approximate surface area is 194 Å². The van der Waals surface area contributed by atoms with Crippen LogP contribution in [0.5, 0.6) is 0 Å². The van der Waals surface area contributed by atoms with Gasteiger partial charge in [-0.2, -0.15) is 4.98 Å². The fraction of sp³-hybridized carbons (Fsp3) is 0.125. The minimum Gasteiger partial charge on any atom is -0.328 e. The summed E-state index contributed by atoms with van der Waals surface area (Å²) in [5.41, 5.74) is 3.38. The summed E-state index contributed by atoms with van der Waals surface area (Å²) in [6.07, 6.45) is 0. The van der Waals surface area contributed by atoms with Crippen LogP contribution in [0.1, 0.15) is 23.4 Å². The van der Waals surface area contributed by atoms with E-state index in [0.29, 0.717) is 16.7 Å². The molecule has 0 saturated carbocycles. The topological polar surface area (TPSA) is 71.8 Å². The monoisotopic (exact) mass is 459 g/mol. The normalized spacial score (nSPS) is 15.2. The number of benzene rings is 2. The number of allylic oxidation sites excluding steroid dienone is 1. The van der Waals surface area contributed by atoms with Crippen LogP contribution in [0.15, 0.2) is 94.6 Å². The van der Waals surface area contributed by atoms with E-state index in [2.05, 4.69) is 22.8 Å². The second kappa shape index (κ2) is 9.02. The molecule has 5 rings (SSSR count). The van der Waals surface area contributed by atoms with E-state index in [1.807, 2.05) is 77.6 Å². The van der Waals surface area contributed by atoms with Gasteiger partial charge in [-0.05, 0) is 36.1 Å². The molecule has 0 unspecified atom stereocenters. The molecule has 1 atom stereocenters. The van der Waals surface area contributed by atoms with E-state index in [4.69, 9.17) is 10.1 Å². The van der Waals surface area contributed by atoms with E-state index < -0.39 is 0 Å². The van der Waals surface area contributed by atoms with Gasteiger partial charge in [-0.1, -0.05) is 66.4 Å². The van der Waals surface area contributed by atoms with E-state index in [1.165, 1.54) is 5.56 Å². The zero-order valence-electron chi connectivity index (χ0n) is 17.4. The van der Waals surface area contributed by atoms with Crippen LogP contribution in [0.25, 0.3) is 0 Å². The van der Waals surface area contributed by atoms with Gasteiger partial charge in [-0.15, -0.1) is 16.4 Å². The maximum atomic E-state index is 13.3. The van der Waals surface area contributed by atoms with Crippen molar-refractivity contribution in [1.82, 2.24) is 14.8 Å². The molecular formula is C24H21N5OS2. The molecule has 2 N–H and O–H groups in total. The third-order valence-corrected chi connectivity index (χ3v) is 6.97. The molecule has 2 aromatic heterocycles. The minimum atomic E-state index is -0.339. The second-order valence-electron chi connectivity index (χ2n) is 7.34. The van der Waals surface area contributed by atoms with Crippen molar-refractivity contribution in [3.05, 3.63) is 99.9 Å². The molecule has 32 heavy (non-hydrogen) atoms. The molecule has 8 heteroatoms. The van der Waals surface area contributed by atoms with Gasteiger partial charge in [0.2, 0.25) is 11.1 Å². The van der Waals surface area contributed by atoms with Crippen molar-refractivity contribution in [3.8, 4) is 0 Å². The Kier molecular flexibility index (Phi) is 5.79. The summed E-state index contributed by atoms with van der Waals surface area (Å²) >= 11 is 3.19. The first kappa shape index (κ1) is 20.5. The number of rotatable bonds is 6. The van der Waals surface area contributed by atoms with Crippen molar-refractivity contribution in [2.45, 2.75) is 23.9 Å². The van der Waals surface area contributed by atoms with E-state index in [9.17, 15) is 4.79 Å². The van der Waals surface area contributed by atoms with Crippen LogP contribution in [0, 0.1) is 0 Å². The van der Waals surface area contributed by atoms with Crippen LogP contribution >= 0.6 is 23.1 Å². The number of para-hydroxylation sites is 1. The van der Waals surface area contributed by atoms with E-state index in [0.717, 1.165) is 22.0 Å². The lowest BCUT2D eigenvalue weighted by Crippen LogP contribution is -2.31. The number of fused-ring (bicyclic) bond motifs is 1. The van der Waals surface area contributed by atoms with Gasteiger partial charge in [0, 0.05) is 22.0 Å². The van der Waals surface area contributed by atoms with Gasteiger partial charge in [0.25, 0.3) is 5.91 Å². The highest BCUT2D eigenvalue weighted by Crippen LogP contribution is 2.38. The molecule has 4 aromatic rings. The van der Waals surface area contributed by atoms with Crippen molar-refractivity contribution >= 4 is 40.6 Å². The minimum absolute atomic E-state index is 0.153. The predicted molar refractivity (Wildman–Crippen MR) is 130 cm³/mol. The quantitative estimate of drug-likeness (QED) is 0.369. The number of nitrogens with one attached hydrogen (secondary N) is 2. The van der Waals surface area contributed by atoms with Crippen molar-refractivity contribution in [2.75, 3.05) is 10.6 Å². The smallest absolute Gasteiger partial charge is 0.255 e. The Morgan fingerprint density at radius 3 is 2.56 bits per heavy atom. The predicted octanol–water partition coefficient (Wildman–Crippen LogP) is 5.56. The van der Waals surface area contributed by atoms with Gasteiger partial charge in [0.15, 0.2) is 0 Å². The number of carbonyl (C=O) groups excluding carboxylic acids is 1. The van der Waals surface area contributed by atoms with E-state index >= 15 is 0 Å². The van der Waals surface area contributed by atoms with E-state index in [-0.39, 0.29) is 11.9 Å². The first-order valence-electron chi connectivity index (χ1n) is 10.2. The lowest BCUT2D eigenvalue weighted by Gasteiger charge is -2.27. The average molecular weight is 460 g/mol. The molecule has 0 aliphatic carbocycles. The van der Waals surface area contributed by atoms with Crippen molar-refractivity contribution in [1.29, 1.82) is 0 Å². The van der Waals surface area contributed by atoms with Crippen LogP contribution in [-0.4, -0.2) is 20.7 Å². The van der Waals surface area contributed by atoms with E-state index in [1.54, 1.807) is 23.1 Å². The number of thioether (sulfide) groups is 1. The van der Waals surface area contributed by atoms with Crippen LogP contribution in [-0.2, 0) is 10.5 Å². The maximum absolute atomic E-state index is 13.3. The number of aromatic nitrogens is 3. The molecule has 0 spiro atoms. The van der Waals surface area contributed by atoms with Crippen LogP contribution in [0.2, 0.25) is 0 Å². The highest BCUT2D eigenvalue weighted by molar-refractivity contribution is 7.98. The van der Waals surface area contributed by atoms with Gasteiger partial charge in [0.1, 0.15) is 6.04 Å². The molecule has 0 fully saturated rings. The summed E-state index contributed by atoms with van der Waals surface area (Å²) < 4.78 is 1.83. The number of thiophene rings is 1. The molecule has 3 heterocycles. The third-order valence-electron chi connectivity index (χ3n) is 5.13. The fourth-order valence-electron chi connectivity index (χ4n) is 3.64. The number of amides is 1. The summed E-state index contributed by atoms with van der Waals surface area (Å²) in [6, 6.07) is 23.4. The first-order chi connectivity index (χ1) is 15.7. The number of hydrogen-bond donors (Lipinski definition) is 2. The Bertz CT molecular complexity index is 1250. The van der Waals surface area contributed by atoms with Crippen molar-refractivity contribution in [2.24, 2.45) is 0 Å². The molecule has 2 aromatic carbocycles. The molecule has 160 valence electrons. The zero-order valence-corrected chi connectivity index (χ0v) is 19.0. The summed E-state index contributed by atoms with van der Waals surface area (Å²) in [5.74, 6) is 1.27. The number of carbonyl (C=O) groups is 1. The van der Waals surface area contributed by atoms with Crippen molar-refractivity contribution in [3.63, 3.8) is 0 Å². The SMILES string of the molecule is CC1=C(C(=O)Nc2ccccc2)[C@@H](c2cccs2)n2nc(SCc3ccccc3)nc2N1. The number of nitrogens with zero attached hydrogens (tertiary/aromatic N) is 3. The van der Waals surface area contributed by atoms with Crippen LogP contribution in [0.3, 0.4) is 0 Å². The summed E-state index contributed by atoms with van der Waals surface area (Å²) in [5, 5.41) is 13.8. The Morgan fingerprint density at radius 2 is 1.84 bits per heavy atom. The Morgan fingerprint density at radius 1 is 1.09 bits per heavy atom. The molecule has 1 aliphatic heterocycles.